The number of aromatic nitrogens is 3. The molecule has 0 aliphatic heterocycles. The van der Waals surface area contributed by atoms with Gasteiger partial charge in [0.2, 0.25) is 5.95 Å². The lowest BCUT2D eigenvalue weighted by Crippen LogP contribution is -2.16. The van der Waals surface area contributed by atoms with Crippen molar-refractivity contribution in [3.05, 3.63) is 53.2 Å². The fraction of sp³-hybridized carbons (Fsp3) is 0.348. The van der Waals surface area contributed by atoms with Crippen molar-refractivity contribution >= 4 is 57.0 Å². The first-order chi connectivity index (χ1) is 16.0. The number of hydrogen-bond acceptors (Lipinski definition) is 8. The largest absolute Gasteiger partial charge is 0.336 e. The summed E-state index contributed by atoms with van der Waals surface area (Å²) in [5.41, 5.74) is 1.97. The number of anilines is 4. The summed E-state index contributed by atoms with van der Waals surface area (Å²) < 4.78 is 38.6. The summed E-state index contributed by atoms with van der Waals surface area (Å²) in [6.07, 6.45) is 1.23. The lowest BCUT2D eigenvalue weighted by atomic mass is 10.2. The lowest BCUT2D eigenvalue weighted by Gasteiger charge is -2.17. The molecule has 0 saturated heterocycles. The van der Waals surface area contributed by atoms with E-state index in [0.717, 1.165) is 16.6 Å². The molecule has 0 saturated carbocycles. The average Bonchev–Trinajstić information content (AvgIpc) is 2.82. The van der Waals surface area contributed by atoms with Crippen molar-refractivity contribution in [2.75, 3.05) is 23.0 Å². The van der Waals surface area contributed by atoms with Crippen LogP contribution in [0.1, 0.15) is 33.3 Å². The normalized spacial score (nSPS) is 12.1. The molecule has 34 heavy (non-hydrogen) atoms. The molecule has 0 aliphatic carbocycles. The summed E-state index contributed by atoms with van der Waals surface area (Å²) >= 11 is 6.21. The van der Waals surface area contributed by atoms with Crippen LogP contribution >= 0.6 is 18.7 Å². The van der Waals surface area contributed by atoms with E-state index in [2.05, 4.69) is 25.8 Å². The maximum atomic E-state index is 13.0. The van der Waals surface area contributed by atoms with Crippen LogP contribution in [0.25, 0.3) is 0 Å². The Labute approximate surface area is 205 Å². The van der Waals surface area contributed by atoms with E-state index >= 15 is 0 Å². The minimum Gasteiger partial charge on any atom is -0.336 e. The Kier molecular flexibility index (Phi) is 8.01. The van der Waals surface area contributed by atoms with Gasteiger partial charge < -0.3 is 15.2 Å². The van der Waals surface area contributed by atoms with Crippen molar-refractivity contribution in [3.63, 3.8) is 0 Å². The van der Waals surface area contributed by atoms with Gasteiger partial charge in [0.05, 0.1) is 15.8 Å². The molecule has 3 aromatic rings. The number of halogens is 1. The highest BCUT2D eigenvalue weighted by Gasteiger charge is 2.24. The smallest absolute Gasteiger partial charge is 0.249 e. The van der Waals surface area contributed by atoms with Gasteiger partial charge in [-0.15, -0.1) is 10.2 Å². The van der Waals surface area contributed by atoms with Gasteiger partial charge in [-0.1, -0.05) is 37.6 Å². The molecule has 0 fully saturated rings. The van der Waals surface area contributed by atoms with Crippen LogP contribution in [0, 0.1) is 6.92 Å². The van der Waals surface area contributed by atoms with Crippen molar-refractivity contribution in [2.24, 2.45) is 0 Å². The summed E-state index contributed by atoms with van der Waals surface area (Å²) in [6.45, 7) is 9.05. The van der Waals surface area contributed by atoms with Crippen molar-refractivity contribution in [1.29, 1.82) is 0 Å². The van der Waals surface area contributed by atoms with Gasteiger partial charge in [-0.25, -0.2) is 8.42 Å². The Morgan fingerprint density at radius 3 is 2.29 bits per heavy atom. The molecule has 0 aliphatic rings. The third kappa shape index (κ3) is 5.43. The Bertz CT molecular complexity index is 1340. The van der Waals surface area contributed by atoms with Gasteiger partial charge in [0.1, 0.15) is 7.14 Å². The van der Waals surface area contributed by atoms with Gasteiger partial charge in [0.25, 0.3) is 0 Å². The van der Waals surface area contributed by atoms with Gasteiger partial charge in [-0.2, -0.15) is 4.98 Å². The van der Waals surface area contributed by atoms with Crippen LogP contribution in [0.5, 0.6) is 0 Å². The van der Waals surface area contributed by atoms with E-state index < -0.39 is 22.2 Å². The third-order valence-corrected chi connectivity index (χ3v) is 11.4. The molecule has 2 aromatic carbocycles. The van der Waals surface area contributed by atoms with E-state index in [1.165, 1.54) is 6.07 Å². The van der Waals surface area contributed by atoms with Crippen LogP contribution in [0.15, 0.2) is 47.4 Å². The number of sulfone groups is 1. The summed E-state index contributed by atoms with van der Waals surface area (Å²) in [7, 11) is -5.92. The Morgan fingerprint density at radius 2 is 1.68 bits per heavy atom. The molecule has 0 radical (unpaired) electrons. The highest BCUT2D eigenvalue weighted by atomic mass is 35.5. The highest BCUT2D eigenvalue weighted by molar-refractivity contribution is 7.92. The number of nitrogens with one attached hydrogen (secondary N) is 2. The third-order valence-electron chi connectivity index (χ3n) is 5.66. The molecule has 182 valence electrons. The molecular weight excluding hydrogens is 493 g/mol. The van der Waals surface area contributed by atoms with Gasteiger partial charge in [-0.05, 0) is 56.7 Å². The molecule has 0 atom stereocenters. The number of rotatable bonds is 9. The Morgan fingerprint density at radius 1 is 1.00 bits per heavy atom. The number of aryl methyl sites for hydroxylation is 1. The predicted molar refractivity (Wildman–Crippen MR) is 140 cm³/mol. The zero-order valence-corrected chi connectivity index (χ0v) is 22.3. The maximum Gasteiger partial charge on any atom is 0.249 e. The van der Waals surface area contributed by atoms with Crippen molar-refractivity contribution in [2.45, 2.75) is 44.8 Å². The summed E-state index contributed by atoms with van der Waals surface area (Å²) in [4.78, 5) is 4.55. The monoisotopic (exact) mass is 521 g/mol. The zero-order valence-electron chi connectivity index (χ0n) is 19.8. The van der Waals surface area contributed by atoms with E-state index in [1.54, 1.807) is 32.0 Å². The molecule has 0 bridgehead atoms. The Hall–Kier alpha value is -2.48. The summed E-state index contributed by atoms with van der Waals surface area (Å²) in [5, 5.41) is 14.3. The molecule has 11 heteroatoms. The first-order valence-corrected chi connectivity index (χ1v) is 15.0. The van der Waals surface area contributed by atoms with Crippen LogP contribution in [0.4, 0.5) is 23.1 Å². The minimum atomic E-state index is -3.53. The number of hydrogen-bond donors (Lipinski definition) is 2. The minimum absolute atomic E-state index is 0.00111. The van der Waals surface area contributed by atoms with Crippen molar-refractivity contribution in [1.82, 2.24) is 15.2 Å². The van der Waals surface area contributed by atoms with Crippen molar-refractivity contribution < 1.29 is 13.0 Å². The number of para-hydroxylation sites is 1. The molecule has 3 rings (SSSR count). The fourth-order valence-electron chi connectivity index (χ4n) is 3.40. The van der Waals surface area contributed by atoms with Crippen LogP contribution in [0.3, 0.4) is 0 Å². The quantitative estimate of drug-likeness (QED) is 0.353. The van der Waals surface area contributed by atoms with E-state index in [1.807, 2.05) is 39.0 Å². The second-order valence-corrected chi connectivity index (χ2v) is 14.5. The second kappa shape index (κ2) is 10.4. The van der Waals surface area contributed by atoms with E-state index in [-0.39, 0.29) is 21.8 Å². The van der Waals surface area contributed by atoms with Crippen LogP contribution in [-0.2, 0) is 14.4 Å². The van der Waals surface area contributed by atoms with Gasteiger partial charge in [-0.3, -0.25) is 0 Å². The van der Waals surface area contributed by atoms with Gasteiger partial charge in [0.15, 0.2) is 20.8 Å². The first-order valence-electron chi connectivity index (χ1n) is 11.0. The summed E-state index contributed by atoms with van der Waals surface area (Å²) in [5.74, 6) is 0.349. The van der Waals surface area contributed by atoms with E-state index in [9.17, 15) is 13.0 Å². The number of nitrogens with zero attached hydrogens (tertiary/aromatic N) is 3. The van der Waals surface area contributed by atoms with Crippen LogP contribution in [0.2, 0.25) is 5.15 Å². The van der Waals surface area contributed by atoms with Crippen LogP contribution in [-0.4, -0.2) is 41.2 Å². The zero-order chi connectivity index (χ0) is 25.1. The molecular formula is C23H29ClN5O3PS. The SMILES string of the molecule is CCP(=O)(CC)c1ccc(Nc2nnc(Cl)c(Nc3ccccc3S(=O)(=O)C(C)C)n2)c(C)c1. The first kappa shape index (κ1) is 26.1. The molecule has 1 heterocycles. The topological polar surface area (TPSA) is 114 Å². The molecule has 8 nitrogen and oxygen atoms in total. The fourth-order valence-corrected chi connectivity index (χ4v) is 6.68. The highest BCUT2D eigenvalue weighted by Crippen LogP contribution is 2.43. The molecule has 0 amide bonds. The molecule has 1 aromatic heterocycles. The molecule has 0 spiro atoms. The standard InChI is InChI=1S/C23H29ClN5O3PS/c1-6-33(30,7-2)17-12-13-18(16(5)14-17)26-23-27-22(21(24)28-29-23)25-19-10-8-9-11-20(19)34(31,32)15(3)4/h8-15H,6-7H2,1-5H3,(H2,25,26,27,29). The maximum absolute atomic E-state index is 13.0. The van der Waals surface area contributed by atoms with Crippen LogP contribution < -0.4 is 15.9 Å². The van der Waals surface area contributed by atoms with E-state index in [0.29, 0.717) is 18.0 Å². The van der Waals surface area contributed by atoms with Gasteiger partial charge in [0, 0.05) is 23.3 Å². The van der Waals surface area contributed by atoms with E-state index in [4.69, 9.17) is 11.6 Å². The number of benzene rings is 2. The van der Waals surface area contributed by atoms with Gasteiger partial charge >= 0.3 is 0 Å². The second-order valence-electron chi connectivity index (χ2n) is 8.14. The van der Waals surface area contributed by atoms with Crippen molar-refractivity contribution in [3.8, 4) is 0 Å². The molecule has 0 unspecified atom stereocenters. The summed E-state index contributed by atoms with van der Waals surface area (Å²) in [6, 6.07) is 12.2. The lowest BCUT2D eigenvalue weighted by molar-refractivity contribution is 0.582. The predicted octanol–water partition coefficient (Wildman–Crippen LogP) is 5.53. The molecule has 2 N–H and O–H groups in total. The Balaban J connectivity index is 1.92. The average molecular weight is 522 g/mol.